The molecule has 0 unspecified atom stereocenters. The predicted octanol–water partition coefficient (Wildman–Crippen LogP) is 1.86. The monoisotopic (exact) mass is 296 g/mol. The van der Waals surface area contributed by atoms with Gasteiger partial charge in [0, 0.05) is 0 Å². The Balaban J connectivity index is 0.00000161. The van der Waals surface area contributed by atoms with E-state index in [2.05, 4.69) is 79.7 Å². The Morgan fingerprint density at radius 3 is 0.952 bits per heavy atom. The smallest absolute Gasteiger partial charge is 0.324 e. The second-order valence-electron chi connectivity index (χ2n) is 5.00. The molecule has 0 aliphatic carbocycles. The molecule has 0 spiro atoms. The fraction of sp³-hybridized carbons (Fsp3) is 0.0500. The van der Waals surface area contributed by atoms with Crippen LogP contribution in [0.4, 0.5) is 0 Å². The van der Waals surface area contributed by atoms with Gasteiger partial charge in [0.05, 0.1) is 0 Å². The van der Waals surface area contributed by atoms with Crippen LogP contribution >= 0.6 is 0 Å². The minimum absolute atomic E-state index is 0. The van der Waals surface area contributed by atoms with E-state index in [4.69, 9.17) is 0 Å². The molecule has 98 valence electrons. The van der Waals surface area contributed by atoms with E-state index in [0.29, 0.717) is 0 Å². The molecule has 0 saturated heterocycles. The van der Waals surface area contributed by atoms with Crippen LogP contribution in [0.15, 0.2) is 91.0 Å². The van der Waals surface area contributed by atoms with E-state index in [1.165, 1.54) is 16.7 Å². The van der Waals surface area contributed by atoms with Crippen molar-refractivity contribution in [2.75, 3.05) is 0 Å². The Bertz CT molecular complexity index is 563. The molecule has 0 nitrogen and oxygen atoms in total. The van der Waals surface area contributed by atoms with Crippen LogP contribution in [0.5, 0.6) is 0 Å². The van der Waals surface area contributed by atoms with E-state index in [1.54, 1.807) is 0 Å². The molecule has 0 radical (unpaired) electrons. The average molecular weight is 296 g/mol. The molecule has 1 heteroatoms. The van der Waals surface area contributed by atoms with Crippen molar-refractivity contribution < 1.29 is 51.4 Å². The fourth-order valence-corrected chi connectivity index (χ4v) is 2.67. The van der Waals surface area contributed by atoms with Crippen LogP contribution in [0.1, 0.15) is 16.7 Å². The standard InChI is InChI=1S/C20H17.K/c1-20(17-11-5-2-6-12-17,18-13-7-3-8-14-18)19-15-9-4-10-16-19;/h2-16H,1H2;/q-1;+1. The zero-order chi connectivity index (χ0) is 13.8. The first kappa shape index (κ1) is 16.7. The van der Waals surface area contributed by atoms with E-state index in [9.17, 15) is 0 Å². The van der Waals surface area contributed by atoms with Gasteiger partial charge in [0.25, 0.3) is 0 Å². The predicted molar refractivity (Wildman–Crippen MR) is 84.6 cm³/mol. The summed E-state index contributed by atoms with van der Waals surface area (Å²) in [6.07, 6.45) is 0. The summed E-state index contributed by atoms with van der Waals surface area (Å²) in [6, 6.07) is 31.4. The maximum absolute atomic E-state index is 4.58. The molecule has 0 saturated carbocycles. The molecule has 0 atom stereocenters. The van der Waals surface area contributed by atoms with Crippen LogP contribution in [0.25, 0.3) is 0 Å². The van der Waals surface area contributed by atoms with Crippen LogP contribution in [0.2, 0.25) is 0 Å². The van der Waals surface area contributed by atoms with Crippen molar-refractivity contribution in [1.82, 2.24) is 0 Å². The number of benzene rings is 3. The van der Waals surface area contributed by atoms with E-state index in [0.717, 1.165) is 0 Å². The Labute approximate surface area is 169 Å². The Morgan fingerprint density at radius 2 is 0.714 bits per heavy atom. The quantitative estimate of drug-likeness (QED) is 0.393. The molecule has 0 heterocycles. The third-order valence-electron chi connectivity index (χ3n) is 3.80. The van der Waals surface area contributed by atoms with E-state index in [1.807, 2.05) is 18.2 Å². The summed E-state index contributed by atoms with van der Waals surface area (Å²) in [5, 5.41) is 0. The van der Waals surface area contributed by atoms with Crippen molar-refractivity contribution >= 4 is 0 Å². The van der Waals surface area contributed by atoms with Gasteiger partial charge >= 0.3 is 51.4 Å². The molecular weight excluding hydrogens is 279 g/mol. The molecule has 0 amide bonds. The summed E-state index contributed by atoms with van der Waals surface area (Å²) in [5.74, 6) is 0. The van der Waals surface area contributed by atoms with Crippen molar-refractivity contribution in [2.24, 2.45) is 0 Å². The topological polar surface area (TPSA) is 0 Å². The summed E-state index contributed by atoms with van der Waals surface area (Å²) in [4.78, 5) is 0. The third-order valence-corrected chi connectivity index (χ3v) is 3.80. The Hall–Kier alpha value is -0.704. The number of hydrogen-bond acceptors (Lipinski definition) is 0. The third kappa shape index (κ3) is 3.39. The van der Waals surface area contributed by atoms with Crippen molar-refractivity contribution in [1.29, 1.82) is 0 Å². The largest absolute Gasteiger partial charge is 1.00 e. The van der Waals surface area contributed by atoms with Crippen LogP contribution in [-0.4, -0.2) is 0 Å². The molecule has 21 heavy (non-hydrogen) atoms. The minimum Gasteiger partial charge on any atom is -0.324 e. The maximum Gasteiger partial charge on any atom is 1.00 e. The van der Waals surface area contributed by atoms with E-state index >= 15 is 0 Å². The Morgan fingerprint density at radius 1 is 0.476 bits per heavy atom. The van der Waals surface area contributed by atoms with Crippen molar-refractivity contribution in [3.63, 3.8) is 0 Å². The van der Waals surface area contributed by atoms with Gasteiger partial charge in [-0.2, -0.15) is 0 Å². The molecule has 0 aliphatic rings. The summed E-state index contributed by atoms with van der Waals surface area (Å²) in [6.45, 7) is 4.58. The van der Waals surface area contributed by atoms with E-state index < -0.39 is 0 Å². The summed E-state index contributed by atoms with van der Waals surface area (Å²) < 4.78 is 0. The van der Waals surface area contributed by atoms with Gasteiger partial charge in [-0.05, 0) is 0 Å². The van der Waals surface area contributed by atoms with Crippen LogP contribution < -0.4 is 51.4 Å². The summed E-state index contributed by atoms with van der Waals surface area (Å²) >= 11 is 0. The molecule has 0 aliphatic heterocycles. The van der Waals surface area contributed by atoms with Gasteiger partial charge in [-0.25, -0.2) is 0 Å². The molecule has 3 rings (SSSR count). The SMILES string of the molecule is [CH2-]C(c1ccccc1)(c1ccccc1)c1ccccc1.[K+]. The van der Waals surface area contributed by atoms with Crippen LogP contribution in [-0.2, 0) is 5.41 Å². The zero-order valence-electron chi connectivity index (χ0n) is 12.4. The Kier molecular flexibility index (Phi) is 5.97. The van der Waals surface area contributed by atoms with Gasteiger partial charge in [-0.1, -0.05) is 113 Å². The van der Waals surface area contributed by atoms with Gasteiger partial charge in [0.15, 0.2) is 0 Å². The van der Waals surface area contributed by atoms with Gasteiger partial charge < -0.3 is 6.92 Å². The molecular formula is C20H17K. The van der Waals surface area contributed by atoms with Crippen LogP contribution in [0, 0.1) is 6.92 Å². The minimum atomic E-state index is -0.371. The molecule has 0 aromatic heterocycles. The molecule has 3 aromatic carbocycles. The second kappa shape index (κ2) is 7.53. The van der Waals surface area contributed by atoms with Crippen LogP contribution in [0.3, 0.4) is 0 Å². The zero-order valence-corrected chi connectivity index (χ0v) is 15.5. The summed E-state index contributed by atoms with van der Waals surface area (Å²) in [7, 11) is 0. The second-order valence-corrected chi connectivity index (χ2v) is 5.00. The molecule has 3 aromatic rings. The average Bonchev–Trinajstić information content (AvgIpc) is 2.56. The maximum atomic E-state index is 4.58. The molecule has 0 fully saturated rings. The number of rotatable bonds is 3. The number of hydrogen-bond donors (Lipinski definition) is 0. The first-order valence-corrected chi connectivity index (χ1v) is 6.84. The van der Waals surface area contributed by atoms with Crippen molar-refractivity contribution in [3.8, 4) is 0 Å². The molecule has 0 bridgehead atoms. The normalized spacial score (nSPS) is 10.7. The fourth-order valence-electron chi connectivity index (χ4n) is 2.67. The van der Waals surface area contributed by atoms with Crippen molar-refractivity contribution in [2.45, 2.75) is 5.41 Å². The van der Waals surface area contributed by atoms with Gasteiger partial charge in [-0.3, -0.25) is 0 Å². The summed E-state index contributed by atoms with van der Waals surface area (Å²) in [5.41, 5.74) is 3.25. The van der Waals surface area contributed by atoms with Gasteiger partial charge in [-0.15, -0.1) is 0 Å². The van der Waals surface area contributed by atoms with Gasteiger partial charge in [0.2, 0.25) is 0 Å². The first-order valence-electron chi connectivity index (χ1n) is 6.84. The van der Waals surface area contributed by atoms with E-state index in [-0.39, 0.29) is 56.8 Å². The molecule has 0 N–H and O–H groups in total. The first-order chi connectivity index (χ1) is 9.82. The van der Waals surface area contributed by atoms with Gasteiger partial charge in [0.1, 0.15) is 0 Å². The van der Waals surface area contributed by atoms with Crippen molar-refractivity contribution in [3.05, 3.63) is 115 Å².